The fourth-order valence-corrected chi connectivity index (χ4v) is 3.01. The number of hydrogen-bond acceptors (Lipinski definition) is 3. The lowest BCUT2D eigenvalue weighted by molar-refractivity contribution is 0.285. The molecule has 1 aromatic rings. The van der Waals surface area contributed by atoms with Crippen molar-refractivity contribution in [2.75, 3.05) is 40.3 Å². The van der Waals surface area contributed by atoms with Crippen molar-refractivity contribution in [2.24, 2.45) is 0 Å². The van der Waals surface area contributed by atoms with Crippen LogP contribution in [0.2, 0.25) is 5.02 Å². The SMILES string of the molecule is CN(CCNC[C@H]1CCCN1C)Cc1cccc(Cl)c1. The van der Waals surface area contributed by atoms with E-state index in [0.717, 1.165) is 37.2 Å². The van der Waals surface area contributed by atoms with Crippen LogP contribution in [0.15, 0.2) is 24.3 Å². The van der Waals surface area contributed by atoms with Crippen LogP contribution in [0.4, 0.5) is 0 Å². The van der Waals surface area contributed by atoms with Gasteiger partial charge < -0.3 is 15.1 Å². The van der Waals surface area contributed by atoms with Crippen LogP contribution in [-0.2, 0) is 6.54 Å². The van der Waals surface area contributed by atoms with Gasteiger partial charge in [-0.25, -0.2) is 0 Å². The highest BCUT2D eigenvalue weighted by molar-refractivity contribution is 6.30. The maximum absolute atomic E-state index is 6.01. The summed E-state index contributed by atoms with van der Waals surface area (Å²) in [6.07, 6.45) is 2.68. The fraction of sp³-hybridized carbons (Fsp3) is 0.625. The Kier molecular flexibility index (Phi) is 6.30. The van der Waals surface area contributed by atoms with Gasteiger partial charge in [0.25, 0.3) is 0 Å². The minimum atomic E-state index is 0.730. The van der Waals surface area contributed by atoms with Crippen molar-refractivity contribution in [3.63, 3.8) is 0 Å². The van der Waals surface area contributed by atoms with Gasteiger partial charge in [0.1, 0.15) is 0 Å². The molecular formula is C16H26ClN3. The lowest BCUT2D eigenvalue weighted by atomic mass is 10.2. The highest BCUT2D eigenvalue weighted by atomic mass is 35.5. The van der Waals surface area contributed by atoms with Gasteiger partial charge in [0.05, 0.1) is 0 Å². The van der Waals surface area contributed by atoms with Crippen LogP contribution in [0.5, 0.6) is 0 Å². The van der Waals surface area contributed by atoms with E-state index in [1.165, 1.54) is 24.9 Å². The Morgan fingerprint density at radius 2 is 2.30 bits per heavy atom. The van der Waals surface area contributed by atoms with Crippen molar-refractivity contribution in [2.45, 2.75) is 25.4 Å². The zero-order chi connectivity index (χ0) is 14.4. The predicted octanol–water partition coefficient (Wildman–Crippen LogP) is 2.46. The molecule has 4 heteroatoms. The number of rotatable bonds is 7. The number of halogens is 1. The predicted molar refractivity (Wildman–Crippen MR) is 86.3 cm³/mol. The van der Waals surface area contributed by atoms with Crippen molar-refractivity contribution in [1.29, 1.82) is 0 Å². The van der Waals surface area contributed by atoms with Crippen LogP contribution in [0.1, 0.15) is 18.4 Å². The monoisotopic (exact) mass is 295 g/mol. The zero-order valence-corrected chi connectivity index (χ0v) is 13.4. The molecule has 112 valence electrons. The molecule has 1 aliphatic heterocycles. The summed E-state index contributed by atoms with van der Waals surface area (Å²) in [6, 6.07) is 8.83. The number of benzene rings is 1. The molecule has 0 unspecified atom stereocenters. The summed E-state index contributed by atoms with van der Waals surface area (Å²) >= 11 is 6.01. The van der Waals surface area contributed by atoms with Gasteiger partial charge in [-0.1, -0.05) is 23.7 Å². The molecule has 1 aromatic carbocycles. The maximum atomic E-state index is 6.01. The molecule has 3 nitrogen and oxygen atoms in total. The van der Waals surface area contributed by atoms with E-state index in [0.29, 0.717) is 0 Å². The molecule has 0 bridgehead atoms. The van der Waals surface area contributed by atoms with E-state index in [1.807, 2.05) is 18.2 Å². The van der Waals surface area contributed by atoms with Crippen LogP contribution in [0.25, 0.3) is 0 Å². The Morgan fingerprint density at radius 3 is 3.00 bits per heavy atom. The van der Waals surface area contributed by atoms with E-state index in [4.69, 9.17) is 11.6 Å². The first-order valence-corrected chi connectivity index (χ1v) is 7.87. The van der Waals surface area contributed by atoms with Gasteiger partial charge in [-0.15, -0.1) is 0 Å². The average Bonchev–Trinajstić information content (AvgIpc) is 2.80. The smallest absolute Gasteiger partial charge is 0.0409 e. The Balaban J connectivity index is 1.61. The van der Waals surface area contributed by atoms with Crippen molar-refractivity contribution in [1.82, 2.24) is 15.1 Å². The third-order valence-electron chi connectivity index (χ3n) is 4.06. The molecule has 0 radical (unpaired) electrons. The van der Waals surface area contributed by atoms with Gasteiger partial charge in [0, 0.05) is 37.2 Å². The van der Waals surface area contributed by atoms with E-state index in [-0.39, 0.29) is 0 Å². The summed E-state index contributed by atoms with van der Waals surface area (Å²) in [5.41, 5.74) is 1.27. The van der Waals surface area contributed by atoms with Gasteiger partial charge in [-0.2, -0.15) is 0 Å². The van der Waals surface area contributed by atoms with Gasteiger partial charge in [0.15, 0.2) is 0 Å². The van der Waals surface area contributed by atoms with E-state index < -0.39 is 0 Å². The van der Waals surface area contributed by atoms with Gasteiger partial charge in [-0.05, 0) is 51.2 Å². The molecule has 1 N–H and O–H groups in total. The molecule has 0 spiro atoms. The Labute approximate surface area is 127 Å². The average molecular weight is 296 g/mol. The maximum Gasteiger partial charge on any atom is 0.0409 e. The number of likely N-dealkylation sites (tertiary alicyclic amines) is 1. The summed E-state index contributed by atoms with van der Waals surface area (Å²) in [4.78, 5) is 4.79. The molecule has 0 saturated carbocycles. The lowest BCUT2D eigenvalue weighted by Crippen LogP contribution is -2.38. The standard InChI is InChI=1S/C16H26ClN3/c1-19(13-14-5-3-6-15(17)11-14)10-8-18-12-16-7-4-9-20(16)2/h3,5-6,11,16,18H,4,7-10,12-13H2,1-2H3/t16-/m1/s1. The summed E-state index contributed by atoms with van der Waals surface area (Å²) < 4.78 is 0. The van der Waals surface area contributed by atoms with Crippen molar-refractivity contribution in [3.05, 3.63) is 34.9 Å². The van der Waals surface area contributed by atoms with Crippen LogP contribution in [-0.4, -0.2) is 56.1 Å². The number of nitrogens with zero attached hydrogens (tertiary/aromatic N) is 2. The van der Waals surface area contributed by atoms with Crippen molar-refractivity contribution < 1.29 is 0 Å². The van der Waals surface area contributed by atoms with Crippen LogP contribution in [0.3, 0.4) is 0 Å². The minimum absolute atomic E-state index is 0.730. The second-order valence-corrected chi connectivity index (χ2v) is 6.28. The van der Waals surface area contributed by atoms with Crippen LogP contribution >= 0.6 is 11.6 Å². The first kappa shape index (κ1) is 15.8. The molecule has 2 rings (SSSR count). The molecule has 0 aromatic heterocycles. The first-order valence-electron chi connectivity index (χ1n) is 7.49. The topological polar surface area (TPSA) is 18.5 Å². The minimum Gasteiger partial charge on any atom is -0.314 e. The lowest BCUT2D eigenvalue weighted by Gasteiger charge is -2.21. The van der Waals surface area contributed by atoms with Crippen LogP contribution < -0.4 is 5.32 Å². The summed E-state index contributed by atoms with van der Waals surface area (Å²) in [5.74, 6) is 0. The zero-order valence-electron chi connectivity index (χ0n) is 12.6. The van der Waals surface area contributed by atoms with Crippen molar-refractivity contribution in [3.8, 4) is 0 Å². The molecule has 1 fully saturated rings. The highest BCUT2D eigenvalue weighted by Gasteiger charge is 2.19. The molecule has 0 aliphatic carbocycles. The molecule has 20 heavy (non-hydrogen) atoms. The Morgan fingerprint density at radius 1 is 1.45 bits per heavy atom. The number of nitrogens with one attached hydrogen (secondary N) is 1. The van der Waals surface area contributed by atoms with Gasteiger partial charge in [-0.3, -0.25) is 0 Å². The second-order valence-electron chi connectivity index (χ2n) is 5.85. The molecular weight excluding hydrogens is 270 g/mol. The fourth-order valence-electron chi connectivity index (χ4n) is 2.80. The molecule has 1 aliphatic rings. The molecule has 1 atom stereocenters. The molecule has 1 saturated heterocycles. The largest absolute Gasteiger partial charge is 0.314 e. The number of hydrogen-bond donors (Lipinski definition) is 1. The van der Waals surface area contributed by atoms with E-state index >= 15 is 0 Å². The quantitative estimate of drug-likeness (QED) is 0.780. The van der Waals surface area contributed by atoms with Crippen molar-refractivity contribution >= 4 is 11.6 Å². The third kappa shape index (κ3) is 5.06. The first-order chi connectivity index (χ1) is 9.65. The van der Waals surface area contributed by atoms with E-state index in [2.05, 4.69) is 35.3 Å². The third-order valence-corrected chi connectivity index (χ3v) is 4.30. The Hall–Kier alpha value is -0.610. The van der Waals surface area contributed by atoms with Gasteiger partial charge in [0.2, 0.25) is 0 Å². The van der Waals surface area contributed by atoms with E-state index in [1.54, 1.807) is 0 Å². The highest BCUT2D eigenvalue weighted by Crippen LogP contribution is 2.13. The summed E-state index contributed by atoms with van der Waals surface area (Å²) in [6.45, 7) is 5.42. The normalized spacial score (nSPS) is 19.9. The summed E-state index contributed by atoms with van der Waals surface area (Å²) in [5, 5.41) is 4.39. The molecule has 0 amide bonds. The second kappa shape index (κ2) is 7.99. The number of likely N-dealkylation sites (N-methyl/N-ethyl adjacent to an activating group) is 2. The van der Waals surface area contributed by atoms with Crippen LogP contribution in [0, 0.1) is 0 Å². The molecule has 1 heterocycles. The van der Waals surface area contributed by atoms with E-state index in [9.17, 15) is 0 Å². The summed E-state index contributed by atoms with van der Waals surface area (Å²) in [7, 11) is 4.38. The van der Waals surface area contributed by atoms with Gasteiger partial charge >= 0.3 is 0 Å². The Bertz CT molecular complexity index is 410.